The molecule has 0 bridgehead atoms. The van der Waals surface area contributed by atoms with Crippen LogP contribution in [0.3, 0.4) is 0 Å². The average molecular weight is 349 g/mol. The van der Waals surface area contributed by atoms with Gasteiger partial charge in [0.2, 0.25) is 0 Å². The molecule has 0 spiro atoms. The fourth-order valence-corrected chi connectivity index (χ4v) is 4.54. The number of amides is 2. The van der Waals surface area contributed by atoms with E-state index in [-0.39, 0.29) is 23.5 Å². The van der Waals surface area contributed by atoms with Crippen LogP contribution in [0.5, 0.6) is 0 Å². The maximum absolute atomic E-state index is 11.9. The van der Waals surface area contributed by atoms with Crippen LogP contribution in [0.25, 0.3) is 5.82 Å². The van der Waals surface area contributed by atoms with Crippen molar-refractivity contribution in [3.05, 3.63) is 42.4 Å². The summed E-state index contributed by atoms with van der Waals surface area (Å²) in [5.74, 6) is 1.02. The van der Waals surface area contributed by atoms with Gasteiger partial charge in [-0.2, -0.15) is 5.10 Å². The van der Waals surface area contributed by atoms with Crippen LogP contribution in [-0.4, -0.2) is 47.3 Å². The molecular weight excluding hydrogens is 330 g/mol. The molecule has 8 nitrogen and oxygen atoms in total. The van der Waals surface area contributed by atoms with Crippen LogP contribution in [0.4, 0.5) is 4.79 Å². The van der Waals surface area contributed by atoms with Gasteiger partial charge in [-0.25, -0.2) is 22.9 Å². The SMILES string of the molecule is O=C(NCc1cccnc1-n1cccn1)NC[C@@H]1CCS(=O)(=O)C1. The quantitative estimate of drug-likeness (QED) is 0.818. The van der Waals surface area contributed by atoms with Crippen molar-refractivity contribution in [2.45, 2.75) is 13.0 Å². The molecule has 9 heteroatoms. The Hall–Kier alpha value is -2.42. The molecule has 1 fully saturated rings. The standard InChI is InChI=1S/C15H19N5O3S/c21-15(17-9-12-4-8-24(22,23)11-12)18-10-13-3-1-5-16-14(13)20-7-2-6-19-20/h1-3,5-7,12H,4,8-11H2,(H2,17,18,21)/t12-/m0/s1. The third-order valence-corrected chi connectivity index (χ3v) is 5.74. The summed E-state index contributed by atoms with van der Waals surface area (Å²) in [5, 5.41) is 9.64. The van der Waals surface area contributed by atoms with Gasteiger partial charge in [-0.05, 0) is 24.5 Å². The van der Waals surface area contributed by atoms with Crippen molar-refractivity contribution in [1.29, 1.82) is 0 Å². The summed E-state index contributed by atoms with van der Waals surface area (Å²) in [7, 11) is -2.92. The summed E-state index contributed by atoms with van der Waals surface area (Å²) >= 11 is 0. The zero-order valence-corrected chi connectivity index (χ0v) is 13.9. The van der Waals surface area contributed by atoms with E-state index in [4.69, 9.17) is 0 Å². The molecule has 1 aliphatic heterocycles. The zero-order chi connectivity index (χ0) is 17.0. The van der Waals surface area contributed by atoms with E-state index in [1.54, 1.807) is 35.4 Å². The summed E-state index contributed by atoms with van der Waals surface area (Å²) in [6.45, 7) is 0.669. The van der Waals surface area contributed by atoms with Crippen molar-refractivity contribution in [1.82, 2.24) is 25.4 Å². The molecule has 3 heterocycles. The molecule has 1 atom stereocenters. The third-order valence-electron chi connectivity index (χ3n) is 3.91. The maximum atomic E-state index is 11.9. The minimum absolute atomic E-state index is 0.00113. The normalized spacial score (nSPS) is 19.1. The first-order valence-corrected chi connectivity index (χ1v) is 9.52. The lowest BCUT2D eigenvalue weighted by Crippen LogP contribution is -2.38. The highest BCUT2D eigenvalue weighted by molar-refractivity contribution is 7.91. The Labute approximate surface area is 140 Å². The van der Waals surface area contributed by atoms with Crippen molar-refractivity contribution >= 4 is 15.9 Å². The maximum Gasteiger partial charge on any atom is 0.315 e. The molecular formula is C15H19N5O3S. The highest BCUT2D eigenvalue weighted by Crippen LogP contribution is 2.17. The van der Waals surface area contributed by atoms with Crippen molar-refractivity contribution in [2.75, 3.05) is 18.1 Å². The number of carbonyl (C=O) groups is 1. The van der Waals surface area contributed by atoms with E-state index < -0.39 is 9.84 Å². The van der Waals surface area contributed by atoms with Gasteiger partial charge < -0.3 is 10.6 Å². The molecule has 2 aromatic heterocycles. The van der Waals surface area contributed by atoms with Crippen LogP contribution in [0.15, 0.2) is 36.8 Å². The van der Waals surface area contributed by atoms with Gasteiger partial charge in [0, 0.05) is 37.2 Å². The zero-order valence-electron chi connectivity index (χ0n) is 13.1. The smallest absolute Gasteiger partial charge is 0.315 e. The van der Waals surface area contributed by atoms with Gasteiger partial charge in [-0.3, -0.25) is 0 Å². The molecule has 0 aliphatic carbocycles. The predicted molar refractivity (Wildman–Crippen MR) is 88.4 cm³/mol. The number of rotatable bonds is 5. The van der Waals surface area contributed by atoms with Gasteiger partial charge in [0.15, 0.2) is 15.7 Å². The summed E-state index contributed by atoms with van der Waals surface area (Å²) in [4.78, 5) is 16.2. The molecule has 2 amide bonds. The summed E-state index contributed by atoms with van der Waals surface area (Å²) in [5.41, 5.74) is 0.833. The van der Waals surface area contributed by atoms with E-state index in [0.717, 1.165) is 5.56 Å². The molecule has 0 unspecified atom stereocenters. The molecule has 0 radical (unpaired) electrons. The fraction of sp³-hybridized carbons (Fsp3) is 0.400. The number of urea groups is 1. The van der Waals surface area contributed by atoms with E-state index in [0.29, 0.717) is 25.3 Å². The van der Waals surface area contributed by atoms with Crippen LogP contribution >= 0.6 is 0 Å². The first-order chi connectivity index (χ1) is 11.5. The molecule has 2 aromatic rings. The van der Waals surface area contributed by atoms with Gasteiger partial charge in [-0.1, -0.05) is 6.07 Å². The minimum atomic E-state index is -2.92. The van der Waals surface area contributed by atoms with Crippen LogP contribution in [0.2, 0.25) is 0 Å². The number of aromatic nitrogens is 3. The van der Waals surface area contributed by atoms with Gasteiger partial charge in [0.25, 0.3) is 0 Å². The lowest BCUT2D eigenvalue weighted by Gasteiger charge is -2.12. The molecule has 1 aliphatic rings. The third kappa shape index (κ3) is 4.10. The van der Waals surface area contributed by atoms with Gasteiger partial charge >= 0.3 is 6.03 Å². The van der Waals surface area contributed by atoms with Crippen LogP contribution in [-0.2, 0) is 16.4 Å². The van der Waals surface area contributed by atoms with Crippen molar-refractivity contribution in [2.24, 2.45) is 5.92 Å². The Kier molecular flexibility index (Phi) is 4.79. The Morgan fingerprint density at radius 3 is 2.88 bits per heavy atom. The number of hydrogen-bond donors (Lipinski definition) is 2. The molecule has 24 heavy (non-hydrogen) atoms. The fourth-order valence-electron chi connectivity index (χ4n) is 2.68. The monoisotopic (exact) mass is 349 g/mol. The van der Waals surface area contributed by atoms with E-state index in [1.807, 2.05) is 6.07 Å². The van der Waals surface area contributed by atoms with Crippen LogP contribution < -0.4 is 10.6 Å². The van der Waals surface area contributed by atoms with Crippen molar-refractivity contribution in [3.8, 4) is 5.82 Å². The highest BCUT2D eigenvalue weighted by Gasteiger charge is 2.27. The predicted octanol–water partition coefficient (Wildman–Crippen LogP) is 0.501. The van der Waals surface area contributed by atoms with E-state index in [9.17, 15) is 13.2 Å². The summed E-state index contributed by atoms with van der Waals surface area (Å²) < 4.78 is 24.4. The van der Waals surface area contributed by atoms with Crippen molar-refractivity contribution in [3.63, 3.8) is 0 Å². The van der Waals surface area contributed by atoms with Crippen LogP contribution in [0.1, 0.15) is 12.0 Å². The number of hydrogen-bond acceptors (Lipinski definition) is 5. The number of sulfone groups is 1. The van der Waals surface area contributed by atoms with E-state index >= 15 is 0 Å². The number of nitrogens with one attached hydrogen (secondary N) is 2. The molecule has 2 N–H and O–H groups in total. The minimum Gasteiger partial charge on any atom is -0.338 e. The molecule has 0 saturated carbocycles. The molecule has 128 valence electrons. The largest absolute Gasteiger partial charge is 0.338 e. The Morgan fingerprint density at radius 2 is 2.17 bits per heavy atom. The first kappa shape index (κ1) is 16.4. The molecule has 3 rings (SSSR count). The Morgan fingerprint density at radius 1 is 1.29 bits per heavy atom. The second-order valence-corrected chi connectivity index (χ2v) is 8.00. The summed E-state index contributed by atoms with van der Waals surface area (Å²) in [6.07, 6.45) is 5.72. The molecule has 0 aromatic carbocycles. The number of carbonyl (C=O) groups excluding carboxylic acids is 1. The number of pyridine rings is 1. The molecule has 1 saturated heterocycles. The van der Waals surface area contributed by atoms with Gasteiger partial charge in [-0.15, -0.1) is 0 Å². The lowest BCUT2D eigenvalue weighted by molar-refractivity contribution is 0.239. The number of nitrogens with zero attached hydrogens (tertiary/aromatic N) is 3. The van der Waals surface area contributed by atoms with E-state index in [1.165, 1.54) is 0 Å². The lowest BCUT2D eigenvalue weighted by atomic mass is 10.1. The average Bonchev–Trinajstić information content (AvgIpc) is 3.20. The highest BCUT2D eigenvalue weighted by atomic mass is 32.2. The second kappa shape index (κ2) is 7.00. The van der Waals surface area contributed by atoms with Crippen LogP contribution in [0, 0.1) is 5.92 Å². The van der Waals surface area contributed by atoms with E-state index in [2.05, 4.69) is 20.7 Å². The second-order valence-electron chi connectivity index (χ2n) is 5.77. The van der Waals surface area contributed by atoms with Crippen molar-refractivity contribution < 1.29 is 13.2 Å². The summed E-state index contributed by atoms with van der Waals surface area (Å²) in [6, 6.07) is 5.14. The first-order valence-electron chi connectivity index (χ1n) is 7.69. The van der Waals surface area contributed by atoms with Gasteiger partial charge in [0.05, 0.1) is 11.5 Å². The Balaban J connectivity index is 1.52. The van der Waals surface area contributed by atoms with Gasteiger partial charge in [0.1, 0.15) is 0 Å². The Bertz CT molecular complexity index is 804. The topological polar surface area (TPSA) is 106 Å².